The van der Waals surface area contributed by atoms with E-state index >= 15 is 0 Å². The summed E-state index contributed by atoms with van der Waals surface area (Å²) in [4.78, 5) is 19.2. The minimum absolute atomic E-state index is 0.0179. The third kappa shape index (κ3) is 4.20. The Morgan fingerprint density at radius 3 is 2.25 bits per heavy atom. The van der Waals surface area contributed by atoms with E-state index in [0.717, 1.165) is 63.1 Å². The number of benzene rings is 1. The second-order valence-corrected chi connectivity index (χ2v) is 8.17. The van der Waals surface area contributed by atoms with Crippen LogP contribution in [0, 0.1) is 12.3 Å². The molecule has 4 rings (SSSR count). The van der Waals surface area contributed by atoms with E-state index in [9.17, 15) is 4.79 Å². The molecule has 2 fully saturated rings. The standard InChI is InChI=1S/C23H29N3O2/c1-18-2-4-19(5-3-18)21(20-6-12-24-13-7-20)25-22(27)26-14-8-23(9-15-26)10-16-28-17-11-23/h2-7,12-13,21H,8-11,14-17H2,1H3,(H,25,27)/t21-/m1/s1. The van der Waals surface area contributed by atoms with Gasteiger partial charge in [-0.3, -0.25) is 4.98 Å². The van der Waals surface area contributed by atoms with Crippen molar-refractivity contribution in [2.45, 2.75) is 38.6 Å². The van der Waals surface area contributed by atoms with Gasteiger partial charge >= 0.3 is 6.03 Å². The number of carbonyl (C=O) groups is 1. The first-order valence-corrected chi connectivity index (χ1v) is 10.2. The monoisotopic (exact) mass is 379 g/mol. The number of rotatable bonds is 3. The van der Waals surface area contributed by atoms with Crippen LogP contribution in [0.4, 0.5) is 4.79 Å². The van der Waals surface area contributed by atoms with Crippen LogP contribution < -0.4 is 5.32 Å². The van der Waals surface area contributed by atoms with E-state index < -0.39 is 0 Å². The highest BCUT2D eigenvalue weighted by molar-refractivity contribution is 5.75. The van der Waals surface area contributed by atoms with Crippen molar-refractivity contribution in [2.24, 2.45) is 5.41 Å². The molecule has 1 N–H and O–H groups in total. The number of nitrogens with zero attached hydrogens (tertiary/aromatic N) is 2. The second kappa shape index (κ2) is 8.31. The van der Waals surface area contributed by atoms with E-state index in [4.69, 9.17) is 4.74 Å². The van der Waals surface area contributed by atoms with E-state index in [1.807, 2.05) is 17.0 Å². The molecule has 2 amide bonds. The fourth-order valence-corrected chi connectivity index (χ4v) is 4.38. The molecule has 5 nitrogen and oxygen atoms in total. The van der Waals surface area contributed by atoms with Gasteiger partial charge in [0.1, 0.15) is 0 Å². The number of piperidine rings is 1. The molecule has 1 aromatic carbocycles. The fourth-order valence-electron chi connectivity index (χ4n) is 4.38. The molecular formula is C23H29N3O2. The molecule has 1 atom stereocenters. The predicted molar refractivity (Wildman–Crippen MR) is 109 cm³/mol. The number of nitrogens with one attached hydrogen (secondary N) is 1. The molecule has 2 aliphatic heterocycles. The number of aryl methyl sites for hydroxylation is 1. The lowest BCUT2D eigenvalue weighted by Gasteiger charge is -2.44. The Morgan fingerprint density at radius 2 is 1.61 bits per heavy atom. The molecule has 0 aliphatic carbocycles. The Balaban J connectivity index is 1.46. The zero-order valence-electron chi connectivity index (χ0n) is 16.6. The molecule has 0 saturated carbocycles. The van der Waals surface area contributed by atoms with Crippen LogP contribution in [-0.2, 0) is 4.74 Å². The van der Waals surface area contributed by atoms with E-state index in [-0.39, 0.29) is 12.1 Å². The minimum atomic E-state index is -0.171. The quantitative estimate of drug-likeness (QED) is 0.874. The van der Waals surface area contributed by atoms with E-state index in [1.165, 1.54) is 5.56 Å². The molecule has 2 saturated heterocycles. The largest absolute Gasteiger partial charge is 0.381 e. The molecule has 3 heterocycles. The van der Waals surface area contributed by atoms with Crippen LogP contribution in [0.15, 0.2) is 48.8 Å². The number of likely N-dealkylation sites (tertiary alicyclic amines) is 1. The predicted octanol–water partition coefficient (Wildman–Crippen LogP) is 4.08. The van der Waals surface area contributed by atoms with Crippen LogP contribution >= 0.6 is 0 Å². The average Bonchev–Trinajstić information content (AvgIpc) is 2.74. The summed E-state index contributed by atoms with van der Waals surface area (Å²) in [6.45, 7) is 5.45. The van der Waals surface area contributed by atoms with Gasteiger partial charge in [0.05, 0.1) is 6.04 Å². The van der Waals surface area contributed by atoms with Gasteiger partial charge in [0, 0.05) is 38.7 Å². The molecule has 0 unspecified atom stereocenters. The zero-order chi connectivity index (χ0) is 19.4. The third-order valence-electron chi connectivity index (χ3n) is 6.38. The van der Waals surface area contributed by atoms with Crippen molar-refractivity contribution < 1.29 is 9.53 Å². The molecule has 0 radical (unpaired) electrons. The number of hydrogen-bond acceptors (Lipinski definition) is 3. The molecule has 1 aromatic heterocycles. The Morgan fingerprint density at radius 1 is 1.00 bits per heavy atom. The van der Waals surface area contributed by atoms with Gasteiger partial charge in [-0.25, -0.2) is 4.79 Å². The molecule has 148 valence electrons. The molecule has 2 aliphatic rings. The number of ether oxygens (including phenoxy) is 1. The van der Waals surface area contributed by atoms with Crippen molar-refractivity contribution >= 4 is 6.03 Å². The molecule has 1 spiro atoms. The Kier molecular flexibility index (Phi) is 5.62. The van der Waals surface area contributed by atoms with Crippen molar-refractivity contribution in [3.8, 4) is 0 Å². The van der Waals surface area contributed by atoms with Gasteiger partial charge in [0.25, 0.3) is 0 Å². The van der Waals surface area contributed by atoms with Crippen molar-refractivity contribution in [1.82, 2.24) is 15.2 Å². The lowest BCUT2D eigenvalue weighted by molar-refractivity contribution is -0.0146. The molecule has 5 heteroatoms. The van der Waals surface area contributed by atoms with Crippen LogP contribution in [-0.4, -0.2) is 42.2 Å². The van der Waals surface area contributed by atoms with Crippen LogP contribution in [0.2, 0.25) is 0 Å². The first kappa shape index (κ1) is 18.9. The number of urea groups is 1. The van der Waals surface area contributed by atoms with E-state index in [2.05, 4.69) is 41.5 Å². The summed E-state index contributed by atoms with van der Waals surface area (Å²) in [5.41, 5.74) is 3.73. The maximum absolute atomic E-state index is 13.1. The number of carbonyl (C=O) groups excluding carboxylic acids is 1. The van der Waals surface area contributed by atoms with Crippen molar-refractivity contribution in [3.63, 3.8) is 0 Å². The van der Waals surface area contributed by atoms with Gasteiger partial charge in [-0.05, 0) is 61.3 Å². The van der Waals surface area contributed by atoms with Crippen molar-refractivity contribution in [2.75, 3.05) is 26.3 Å². The summed E-state index contributed by atoms with van der Waals surface area (Å²) in [7, 11) is 0. The summed E-state index contributed by atoms with van der Waals surface area (Å²) < 4.78 is 5.53. The normalized spacial score (nSPS) is 20.0. The highest BCUT2D eigenvalue weighted by atomic mass is 16.5. The van der Waals surface area contributed by atoms with Crippen molar-refractivity contribution in [1.29, 1.82) is 0 Å². The maximum atomic E-state index is 13.1. The minimum Gasteiger partial charge on any atom is -0.381 e. The van der Waals surface area contributed by atoms with Gasteiger partial charge in [-0.1, -0.05) is 29.8 Å². The number of aromatic nitrogens is 1. The summed E-state index contributed by atoms with van der Waals surface area (Å²) in [5, 5.41) is 3.26. The number of pyridine rings is 1. The van der Waals surface area contributed by atoms with Gasteiger partial charge in [-0.15, -0.1) is 0 Å². The Hall–Kier alpha value is -2.40. The van der Waals surface area contributed by atoms with Crippen LogP contribution in [0.5, 0.6) is 0 Å². The van der Waals surface area contributed by atoms with Crippen molar-refractivity contribution in [3.05, 3.63) is 65.5 Å². The highest BCUT2D eigenvalue weighted by Crippen LogP contribution is 2.40. The zero-order valence-corrected chi connectivity index (χ0v) is 16.6. The van der Waals surface area contributed by atoms with Gasteiger partial charge in [0.15, 0.2) is 0 Å². The van der Waals surface area contributed by atoms with Gasteiger partial charge in [0.2, 0.25) is 0 Å². The first-order valence-electron chi connectivity index (χ1n) is 10.2. The molecule has 0 bridgehead atoms. The topological polar surface area (TPSA) is 54.5 Å². The van der Waals surface area contributed by atoms with Gasteiger partial charge in [-0.2, -0.15) is 0 Å². The van der Waals surface area contributed by atoms with E-state index in [1.54, 1.807) is 12.4 Å². The fraction of sp³-hybridized carbons (Fsp3) is 0.478. The summed E-state index contributed by atoms with van der Waals surface area (Å²) in [6.07, 6.45) is 7.97. The summed E-state index contributed by atoms with van der Waals surface area (Å²) in [6, 6.07) is 12.1. The van der Waals surface area contributed by atoms with Crippen LogP contribution in [0.25, 0.3) is 0 Å². The van der Waals surface area contributed by atoms with Crippen LogP contribution in [0.1, 0.15) is 48.4 Å². The Bertz CT molecular complexity index is 775. The maximum Gasteiger partial charge on any atom is 0.318 e. The lowest BCUT2D eigenvalue weighted by Crippen LogP contribution is -2.49. The molecule has 2 aromatic rings. The van der Waals surface area contributed by atoms with E-state index in [0.29, 0.717) is 5.41 Å². The second-order valence-electron chi connectivity index (χ2n) is 8.17. The lowest BCUT2D eigenvalue weighted by atomic mass is 9.72. The van der Waals surface area contributed by atoms with Gasteiger partial charge < -0.3 is 15.0 Å². The molecular weight excluding hydrogens is 350 g/mol. The molecule has 28 heavy (non-hydrogen) atoms. The summed E-state index contributed by atoms with van der Waals surface area (Å²) in [5.74, 6) is 0. The first-order chi connectivity index (χ1) is 13.7. The highest BCUT2D eigenvalue weighted by Gasteiger charge is 2.37. The third-order valence-corrected chi connectivity index (χ3v) is 6.38. The summed E-state index contributed by atoms with van der Waals surface area (Å²) >= 11 is 0. The smallest absolute Gasteiger partial charge is 0.318 e. The number of amides is 2. The average molecular weight is 380 g/mol. The SMILES string of the molecule is Cc1ccc([C@@H](NC(=O)N2CCC3(CCOCC3)CC2)c2ccncc2)cc1. The Labute approximate surface area is 167 Å². The van der Waals surface area contributed by atoms with Crippen LogP contribution in [0.3, 0.4) is 0 Å². The number of hydrogen-bond donors (Lipinski definition) is 1.